The minimum Gasteiger partial charge on any atom is -0.306 e. The molecule has 5 rings (SSSR count). The first-order valence-corrected chi connectivity index (χ1v) is 8.81. The van der Waals surface area contributed by atoms with Crippen LogP contribution in [0.1, 0.15) is 43.4 Å². The van der Waals surface area contributed by atoms with Gasteiger partial charge in [0.05, 0.1) is 3.79 Å². The monoisotopic (exact) mass is 325 g/mol. The van der Waals surface area contributed by atoms with Gasteiger partial charge in [-0.15, -0.1) is 11.3 Å². The number of rotatable bonds is 3. The molecule has 3 heteroatoms. The van der Waals surface area contributed by atoms with Gasteiger partial charge in [0.1, 0.15) is 0 Å². The van der Waals surface area contributed by atoms with Crippen molar-refractivity contribution in [3.63, 3.8) is 0 Å². The molecular weight excluding hydrogens is 306 g/mol. The van der Waals surface area contributed by atoms with Crippen molar-refractivity contribution in [2.75, 3.05) is 0 Å². The number of hydrogen-bond acceptors (Lipinski definition) is 2. The third-order valence-corrected chi connectivity index (χ3v) is 6.93. The molecule has 4 aliphatic rings. The topological polar surface area (TPSA) is 12.0 Å². The van der Waals surface area contributed by atoms with Crippen LogP contribution in [0, 0.1) is 17.8 Å². The van der Waals surface area contributed by atoms with Crippen LogP contribution in [0.15, 0.2) is 15.9 Å². The Morgan fingerprint density at radius 2 is 1.72 bits per heavy atom. The van der Waals surface area contributed by atoms with Crippen molar-refractivity contribution in [3.8, 4) is 0 Å². The minimum atomic E-state index is 0.505. The van der Waals surface area contributed by atoms with Crippen LogP contribution in [0.2, 0.25) is 0 Å². The predicted molar refractivity (Wildman–Crippen MR) is 79.8 cm³/mol. The quantitative estimate of drug-likeness (QED) is 0.858. The molecule has 1 aromatic heterocycles. The fourth-order valence-electron chi connectivity index (χ4n) is 5.05. The Balaban J connectivity index is 1.47. The average Bonchev–Trinajstić information content (AvgIpc) is 2.71. The molecule has 1 N–H and O–H groups in total. The van der Waals surface area contributed by atoms with E-state index < -0.39 is 0 Å². The fourth-order valence-corrected chi connectivity index (χ4v) is 6.47. The third-order valence-electron chi connectivity index (χ3n) is 5.30. The van der Waals surface area contributed by atoms with Gasteiger partial charge < -0.3 is 5.32 Å². The average molecular weight is 326 g/mol. The van der Waals surface area contributed by atoms with Crippen molar-refractivity contribution in [1.82, 2.24) is 5.32 Å². The van der Waals surface area contributed by atoms with E-state index in [1.807, 2.05) is 11.3 Å². The predicted octanol–water partition coefficient (Wildman–Crippen LogP) is 4.57. The number of halogens is 1. The van der Waals surface area contributed by atoms with E-state index in [0.717, 1.165) is 24.3 Å². The van der Waals surface area contributed by atoms with Crippen molar-refractivity contribution < 1.29 is 0 Å². The van der Waals surface area contributed by atoms with Gasteiger partial charge in [-0.2, -0.15) is 0 Å². The standard InChI is InChI=1S/C15H20BrNS/c16-14-2-1-13(18-14)9-17-15-6-10-3-11(7-15)5-12(4-10)8-15/h1-2,10-12,17H,3-9H2. The highest BCUT2D eigenvalue weighted by atomic mass is 79.9. The summed E-state index contributed by atoms with van der Waals surface area (Å²) < 4.78 is 1.25. The molecule has 1 aromatic rings. The Hall–Kier alpha value is 0.140. The van der Waals surface area contributed by atoms with E-state index in [4.69, 9.17) is 0 Å². The summed E-state index contributed by atoms with van der Waals surface area (Å²) in [5, 5.41) is 3.95. The van der Waals surface area contributed by atoms with Gasteiger partial charge in [-0.05, 0) is 84.3 Å². The van der Waals surface area contributed by atoms with Gasteiger partial charge in [-0.1, -0.05) is 0 Å². The molecule has 0 saturated heterocycles. The number of thiophene rings is 1. The SMILES string of the molecule is Brc1ccc(CNC23CC4CC(CC(C4)C2)C3)s1. The van der Waals surface area contributed by atoms with Crippen LogP contribution in [-0.2, 0) is 6.54 Å². The summed E-state index contributed by atoms with van der Waals surface area (Å²) in [5.74, 6) is 3.12. The minimum absolute atomic E-state index is 0.505. The zero-order chi connectivity index (χ0) is 12.2. The van der Waals surface area contributed by atoms with Crippen LogP contribution in [-0.4, -0.2) is 5.54 Å². The molecule has 0 radical (unpaired) electrons. The molecule has 4 aliphatic carbocycles. The molecule has 0 spiro atoms. The molecule has 4 fully saturated rings. The summed E-state index contributed by atoms with van der Waals surface area (Å²) >= 11 is 5.43. The highest BCUT2D eigenvalue weighted by Crippen LogP contribution is 2.55. The van der Waals surface area contributed by atoms with Gasteiger partial charge in [-0.25, -0.2) is 0 Å². The van der Waals surface area contributed by atoms with Crippen molar-refractivity contribution >= 4 is 27.3 Å². The lowest BCUT2D eigenvalue weighted by Crippen LogP contribution is -2.58. The van der Waals surface area contributed by atoms with Crippen molar-refractivity contribution in [2.45, 2.75) is 50.6 Å². The largest absolute Gasteiger partial charge is 0.306 e. The number of hydrogen-bond donors (Lipinski definition) is 1. The second-order valence-electron chi connectivity index (χ2n) is 6.76. The fraction of sp³-hybridized carbons (Fsp3) is 0.733. The van der Waals surface area contributed by atoms with E-state index in [-0.39, 0.29) is 0 Å². The normalized spacial score (nSPS) is 41.5. The molecule has 0 amide bonds. The van der Waals surface area contributed by atoms with Crippen LogP contribution in [0.25, 0.3) is 0 Å². The van der Waals surface area contributed by atoms with E-state index >= 15 is 0 Å². The molecule has 18 heavy (non-hydrogen) atoms. The Bertz CT molecular complexity index is 418. The van der Waals surface area contributed by atoms with Crippen LogP contribution in [0.5, 0.6) is 0 Å². The summed E-state index contributed by atoms with van der Waals surface area (Å²) in [6, 6.07) is 4.42. The molecule has 0 atom stereocenters. The van der Waals surface area contributed by atoms with Gasteiger partial charge >= 0.3 is 0 Å². The molecule has 98 valence electrons. The van der Waals surface area contributed by atoms with Gasteiger partial charge in [0.25, 0.3) is 0 Å². The zero-order valence-corrected chi connectivity index (χ0v) is 13.0. The van der Waals surface area contributed by atoms with Crippen molar-refractivity contribution in [2.24, 2.45) is 17.8 Å². The zero-order valence-electron chi connectivity index (χ0n) is 10.6. The van der Waals surface area contributed by atoms with Crippen LogP contribution >= 0.6 is 27.3 Å². The molecule has 0 unspecified atom stereocenters. The molecule has 1 heterocycles. The van der Waals surface area contributed by atoms with E-state index in [9.17, 15) is 0 Å². The summed E-state index contributed by atoms with van der Waals surface area (Å²) in [6.07, 6.45) is 8.95. The van der Waals surface area contributed by atoms with Crippen molar-refractivity contribution in [1.29, 1.82) is 0 Å². The molecule has 4 bridgehead atoms. The smallest absolute Gasteiger partial charge is 0.0701 e. The summed E-state index contributed by atoms with van der Waals surface area (Å²) in [5.41, 5.74) is 0.505. The maximum Gasteiger partial charge on any atom is 0.0701 e. The number of nitrogens with one attached hydrogen (secondary N) is 1. The first kappa shape index (κ1) is 11.9. The highest BCUT2D eigenvalue weighted by Gasteiger charge is 2.50. The van der Waals surface area contributed by atoms with Crippen molar-refractivity contribution in [3.05, 3.63) is 20.8 Å². The Morgan fingerprint density at radius 3 is 2.22 bits per heavy atom. The molecule has 0 aliphatic heterocycles. The first-order chi connectivity index (χ1) is 8.71. The van der Waals surface area contributed by atoms with Gasteiger partial charge in [0.2, 0.25) is 0 Å². The Morgan fingerprint density at radius 1 is 1.11 bits per heavy atom. The lowest BCUT2D eigenvalue weighted by molar-refractivity contribution is -0.0204. The Labute approximate surface area is 121 Å². The van der Waals surface area contributed by atoms with E-state index in [0.29, 0.717) is 5.54 Å². The third kappa shape index (κ3) is 2.08. The Kier molecular flexibility index (Phi) is 2.86. The second kappa shape index (κ2) is 4.32. The lowest BCUT2D eigenvalue weighted by atomic mass is 9.53. The highest BCUT2D eigenvalue weighted by molar-refractivity contribution is 9.11. The maximum absolute atomic E-state index is 3.95. The first-order valence-electron chi connectivity index (χ1n) is 7.20. The lowest BCUT2D eigenvalue weighted by Gasteiger charge is -2.57. The van der Waals surface area contributed by atoms with E-state index in [2.05, 4.69) is 33.4 Å². The summed E-state index contributed by atoms with van der Waals surface area (Å²) in [7, 11) is 0. The molecule has 0 aromatic carbocycles. The summed E-state index contributed by atoms with van der Waals surface area (Å²) in [4.78, 5) is 1.47. The molecule has 1 nitrogen and oxygen atoms in total. The van der Waals surface area contributed by atoms with Crippen LogP contribution in [0.4, 0.5) is 0 Å². The van der Waals surface area contributed by atoms with E-state index in [1.165, 1.54) is 47.2 Å². The summed E-state index contributed by atoms with van der Waals surface area (Å²) in [6.45, 7) is 1.07. The van der Waals surface area contributed by atoms with Gasteiger partial charge in [0, 0.05) is 17.0 Å². The maximum atomic E-state index is 3.95. The van der Waals surface area contributed by atoms with Gasteiger partial charge in [-0.3, -0.25) is 0 Å². The molecule has 4 saturated carbocycles. The molecular formula is C15H20BrNS. The van der Waals surface area contributed by atoms with Gasteiger partial charge in [0.15, 0.2) is 0 Å². The van der Waals surface area contributed by atoms with Crippen LogP contribution < -0.4 is 5.32 Å². The second-order valence-corrected chi connectivity index (χ2v) is 9.30. The van der Waals surface area contributed by atoms with E-state index in [1.54, 1.807) is 0 Å². The van der Waals surface area contributed by atoms with Crippen LogP contribution in [0.3, 0.4) is 0 Å².